The summed E-state index contributed by atoms with van der Waals surface area (Å²) in [6, 6.07) is 0.486. The van der Waals surface area contributed by atoms with Crippen molar-refractivity contribution in [2.24, 2.45) is 7.05 Å². The van der Waals surface area contributed by atoms with Gasteiger partial charge in [-0.1, -0.05) is 25.4 Å². The van der Waals surface area contributed by atoms with Crippen LogP contribution in [0.2, 0.25) is 5.02 Å². The van der Waals surface area contributed by atoms with Crippen LogP contribution in [0.5, 0.6) is 0 Å². The summed E-state index contributed by atoms with van der Waals surface area (Å²) in [5.74, 6) is 3.79. The number of thioether (sulfide) groups is 2. The van der Waals surface area contributed by atoms with Gasteiger partial charge >= 0.3 is 0 Å². The lowest BCUT2D eigenvalue weighted by molar-refractivity contribution is 0.491. The predicted molar refractivity (Wildman–Crippen MR) is 97.0 cm³/mol. The second-order valence-electron chi connectivity index (χ2n) is 5.43. The maximum absolute atomic E-state index is 6.52. The molecule has 120 valence electrons. The molecule has 1 N–H and O–H groups in total. The van der Waals surface area contributed by atoms with E-state index >= 15 is 0 Å². The van der Waals surface area contributed by atoms with Crippen molar-refractivity contribution in [3.8, 4) is 0 Å². The number of aryl methyl sites for hydroxylation is 2. The quantitative estimate of drug-likeness (QED) is 0.818. The molecule has 0 aromatic carbocycles. The summed E-state index contributed by atoms with van der Waals surface area (Å²) < 4.78 is 1.97. The van der Waals surface area contributed by atoms with Gasteiger partial charge in [0.1, 0.15) is 0 Å². The molecule has 0 aliphatic carbocycles. The normalized spacial score (nSPS) is 20.7. The highest BCUT2D eigenvalue weighted by Gasteiger charge is 2.26. The van der Waals surface area contributed by atoms with Gasteiger partial charge in [0.15, 0.2) is 0 Å². The standard InChI is InChI=1S/C15H26ClN3S2/c1-4-6-17-12(14-10-20-7-8-21-14)9-13-15(16)11(5-2)18-19(13)3/h12,14,17H,4-10H2,1-3H3. The Kier molecular flexibility index (Phi) is 7.26. The third-order valence-corrected chi connectivity index (χ3v) is 7.22. The molecule has 0 radical (unpaired) electrons. The Morgan fingerprint density at radius 2 is 2.24 bits per heavy atom. The first-order valence-electron chi connectivity index (χ1n) is 7.80. The molecule has 0 spiro atoms. The Bertz CT molecular complexity index is 444. The van der Waals surface area contributed by atoms with E-state index in [1.807, 2.05) is 11.7 Å². The van der Waals surface area contributed by atoms with Gasteiger partial charge in [-0.25, -0.2) is 0 Å². The van der Waals surface area contributed by atoms with E-state index in [9.17, 15) is 0 Å². The van der Waals surface area contributed by atoms with Gasteiger partial charge in [-0.2, -0.15) is 28.6 Å². The average Bonchev–Trinajstić information content (AvgIpc) is 2.79. The van der Waals surface area contributed by atoms with Crippen LogP contribution in [0, 0.1) is 0 Å². The maximum atomic E-state index is 6.52. The number of rotatable bonds is 7. The summed E-state index contributed by atoms with van der Waals surface area (Å²) in [4.78, 5) is 0. The van der Waals surface area contributed by atoms with Crippen LogP contribution in [0.25, 0.3) is 0 Å². The average molecular weight is 348 g/mol. The van der Waals surface area contributed by atoms with Crippen molar-refractivity contribution in [2.45, 2.75) is 44.4 Å². The fourth-order valence-corrected chi connectivity index (χ4v) is 5.91. The van der Waals surface area contributed by atoms with Crippen LogP contribution in [0.15, 0.2) is 0 Å². The molecular weight excluding hydrogens is 322 g/mol. The van der Waals surface area contributed by atoms with E-state index in [1.165, 1.54) is 29.4 Å². The van der Waals surface area contributed by atoms with E-state index in [2.05, 4.69) is 47.8 Å². The SMILES string of the molecule is CCCNC(Cc1c(Cl)c(CC)nn1C)C1CSCCS1. The van der Waals surface area contributed by atoms with Crippen molar-refractivity contribution in [1.82, 2.24) is 15.1 Å². The van der Waals surface area contributed by atoms with E-state index < -0.39 is 0 Å². The molecule has 0 bridgehead atoms. The van der Waals surface area contributed by atoms with Gasteiger partial charge in [-0.05, 0) is 19.4 Å². The molecule has 2 atom stereocenters. The van der Waals surface area contributed by atoms with Gasteiger partial charge in [-0.3, -0.25) is 4.68 Å². The third kappa shape index (κ3) is 4.57. The molecule has 21 heavy (non-hydrogen) atoms. The van der Waals surface area contributed by atoms with Crippen LogP contribution in [-0.2, 0) is 19.9 Å². The highest BCUT2D eigenvalue weighted by atomic mass is 35.5. The Labute approximate surface area is 142 Å². The van der Waals surface area contributed by atoms with E-state index in [0.29, 0.717) is 11.3 Å². The van der Waals surface area contributed by atoms with Gasteiger partial charge in [-0.15, -0.1) is 0 Å². The minimum atomic E-state index is 0.486. The summed E-state index contributed by atoms with van der Waals surface area (Å²) >= 11 is 10.7. The number of hydrogen-bond donors (Lipinski definition) is 1. The van der Waals surface area contributed by atoms with Crippen LogP contribution in [0.1, 0.15) is 31.7 Å². The van der Waals surface area contributed by atoms with Crippen LogP contribution >= 0.6 is 35.1 Å². The van der Waals surface area contributed by atoms with Crippen molar-refractivity contribution in [3.05, 3.63) is 16.4 Å². The van der Waals surface area contributed by atoms with E-state index in [1.54, 1.807) is 0 Å². The van der Waals surface area contributed by atoms with E-state index in [0.717, 1.165) is 30.1 Å². The number of halogens is 1. The van der Waals surface area contributed by atoms with Gasteiger partial charge in [0, 0.05) is 42.0 Å². The summed E-state index contributed by atoms with van der Waals surface area (Å²) in [5.41, 5.74) is 2.20. The minimum Gasteiger partial charge on any atom is -0.312 e. The smallest absolute Gasteiger partial charge is 0.0850 e. The molecule has 2 rings (SSSR count). The molecule has 1 aliphatic heterocycles. The number of hydrogen-bond acceptors (Lipinski definition) is 4. The molecule has 1 saturated heterocycles. The van der Waals surface area contributed by atoms with Crippen molar-refractivity contribution >= 4 is 35.1 Å². The largest absolute Gasteiger partial charge is 0.312 e. The summed E-state index contributed by atoms with van der Waals surface area (Å²) in [7, 11) is 2.01. The van der Waals surface area contributed by atoms with Crippen LogP contribution in [0.3, 0.4) is 0 Å². The van der Waals surface area contributed by atoms with Crippen molar-refractivity contribution < 1.29 is 0 Å². The molecule has 0 amide bonds. The molecule has 1 fully saturated rings. The number of nitrogens with zero attached hydrogens (tertiary/aromatic N) is 2. The molecule has 2 unspecified atom stereocenters. The molecule has 1 aliphatic rings. The van der Waals surface area contributed by atoms with Gasteiger partial charge in [0.2, 0.25) is 0 Å². The topological polar surface area (TPSA) is 29.9 Å². The number of aromatic nitrogens is 2. The molecule has 1 aromatic heterocycles. The lowest BCUT2D eigenvalue weighted by Crippen LogP contribution is -2.43. The van der Waals surface area contributed by atoms with Crippen LogP contribution in [0.4, 0.5) is 0 Å². The maximum Gasteiger partial charge on any atom is 0.0850 e. The lowest BCUT2D eigenvalue weighted by Gasteiger charge is -2.30. The molecule has 0 saturated carbocycles. The third-order valence-electron chi connectivity index (χ3n) is 3.86. The second-order valence-corrected chi connectivity index (χ2v) is 8.31. The van der Waals surface area contributed by atoms with Gasteiger partial charge < -0.3 is 5.32 Å². The van der Waals surface area contributed by atoms with E-state index in [4.69, 9.17) is 11.6 Å². The second kappa shape index (κ2) is 8.70. The summed E-state index contributed by atoms with van der Waals surface area (Å²) in [6.07, 6.45) is 3.04. The summed E-state index contributed by atoms with van der Waals surface area (Å²) in [5, 5.41) is 9.83. The zero-order valence-electron chi connectivity index (χ0n) is 13.2. The first-order chi connectivity index (χ1) is 10.2. The van der Waals surface area contributed by atoms with Crippen LogP contribution in [-0.4, -0.2) is 44.9 Å². The molecule has 1 aromatic rings. The highest BCUT2D eigenvalue weighted by Crippen LogP contribution is 2.30. The zero-order valence-corrected chi connectivity index (χ0v) is 15.6. The van der Waals surface area contributed by atoms with Gasteiger partial charge in [0.25, 0.3) is 0 Å². The van der Waals surface area contributed by atoms with Crippen LogP contribution < -0.4 is 5.32 Å². The van der Waals surface area contributed by atoms with Crippen molar-refractivity contribution in [3.63, 3.8) is 0 Å². The highest BCUT2D eigenvalue weighted by molar-refractivity contribution is 8.06. The Hall–Kier alpha value is 0.160. The van der Waals surface area contributed by atoms with Crippen molar-refractivity contribution in [2.75, 3.05) is 23.8 Å². The molecular formula is C15H26ClN3S2. The molecule has 2 heterocycles. The Morgan fingerprint density at radius 1 is 1.43 bits per heavy atom. The predicted octanol–water partition coefficient (Wildman–Crippen LogP) is 3.40. The minimum absolute atomic E-state index is 0.486. The monoisotopic (exact) mass is 347 g/mol. The van der Waals surface area contributed by atoms with E-state index in [-0.39, 0.29) is 0 Å². The number of nitrogens with one attached hydrogen (secondary N) is 1. The lowest BCUT2D eigenvalue weighted by atomic mass is 10.1. The first kappa shape index (κ1) is 17.5. The van der Waals surface area contributed by atoms with Gasteiger partial charge in [0.05, 0.1) is 16.4 Å². The van der Waals surface area contributed by atoms with Crippen molar-refractivity contribution in [1.29, 1.82) is 0 Å². The summed E-state index contributed by atoms with van der Waals surface area (Å²) in [6.45, 7) is 5.40. The fraction of sp³-hybridized carbons (Fsp3) is 0.800. The Balaban J connectivity index is 2.11. The zero-order chi connectivity index (χ0) is 15.2. The molecule has 6 heteroatoms. The first-order valence-corrected chi connectivity index (χ1v) is 10.4. The Morgan fingerprint density at radius 3 is 2.81 bits per heavy atom. The molecule has 3 nitrogen and oxygen atoms in total. The fourth-order valence-electron chi connectivity index (χ4n) is 2.65.